The first kappa shape index (κ1) is 12.4. The Morgan fingerprint density at radius 1 is 1.05 bits per heavy atom. The molecule has 3 nitrogen and oxygen atoms in total. The van der Waals surface area contributed by atoms with Crippen LogP contribution in [0.3, 0.4) is 0 Å². The standard InChI is InChI=1S/C16H16O3S/c17-20(18,13-8-9-19-10-13)15-7-6-12-5-4-11-2-1-3-14(15)16(11)12/h1-3,6-7,13H,4-5,8-10H2. The predicted octanol–water partition coefficient (Wildman–Crippen LogP) is 2.50. The summed E-state index contributed by atoms with van der Waals surface area (Å²) in [7, 11) is -3.30. The molecule has 0 bridgehead atoms. The topological polar surface area (TPSA) is 43.4 Å². The van der Waals surface area contributed by atoms with Gasteiger partial charge in [-0.1, -0.05) is 24.3 Å². The third-order valence-corrected chi connectivity index (χ3v) is 6.69. The van der Waals surface area contributed by atoms with E-state index in [1.54, 1.807) is 6.07 Å². The van der Waals surface area contributed by atoms with E-state index in [1.807, 2.05) is 18.2 Å². The fourth-order valence-electron chi connectivity index (χ4n) is 3.41. The van der Waals surface area contributed by atoms with E-state index >= 15 is 0 Å². The van der Waals surface area contributed by atoms with Gasteiger partial charge >= 0.3 is 0 Å². The molecule has 0 spiro atoms. The normalized spacial score (nSPS) is 21.7. The van der Waals surface area contributed by atoms with Gasteiger partial charge in [-0.3, -0.25) is 0 Å². The lowest BCUT2D eigenvalue weighted by atomic mass is 10.1. The van der Waals surface area contributed by atoms with Gasteiger partial charge in [-0.2, -0.15) is 0 Å². The quantitative estimate of drug-likeness (QED) is 0.853. The second kappa shape index (κ2) is 4.30. The van der Waals surface area contributed by atoms with Gasteiger partial charge in [0.25, 0.3) is 0 Å². The molecule has 4 rings (SSSR count). The van der Waals surface area contributed by atoms with Gasteiger partial charge in [0.15, 0.2) is 9.84 Å². The number of rotatable bonds is 2. The molecule has 1 heterocycles. The van der Waals surface area contributed by atoms with Crippen molar-refractivity contribution in [3.05, 3.63) is 41.5 Å². The molecule has 104 valence electrons. The summed E-state index contributed by atoms with van der Waals surface area (Å²) in [5.41, 5.74) is 2.55. The van der Waals surface area contributed by atoms with Gasteiger partial charge in [0.2, 0.25) is 0 Å². The van der Waals surface area contributed by atoms with Crippen molar-refractivity contribution in [1.82, 2.24) is 0 Å². The molecular formula is C16H16O3S. The van der Waals surface area contributed by atoms with Crippen molar-refractivity contribution in [2.75, 3.05) is 13.2 Å². The molecular weight excluding hydrogens is 272 g/mol. The average molecular weight is 288 g/mol. The summed E-state index contributed by atoms with van der Waals surface area (Å²) in [6.45, 7) is 0.871. The highest BCUT2D eigenvalue weighted by Gasteiger charge is 2.33. The molecule has 0 saturated carbocycles. The van der Waals surface area contributed by atoms with Crippen LogP contribution in [0, 0.1) is 0 Å². The number of benzene rings is 2. The maximum Gasteiger partial charge on any atom is 0.184 e. The Bertz CT molecular complexity index is 776. The van der Waals surface area contributed by atoms with Crippen LogP contribution in [0.15, 0.2) is 35.2 Å². The third-order valence-electron chi connectivity index (χ3n) is 4.47. The van der Waals surface area contributed by atoms with Gasteiger partial charge in [-0.05, 0) is 41.8 Å². The van der Waals surface area contributed by atoms with Gasteiger partial charge in [0.1, 0.15) is 0 Å². The molecule has 4 heteroatoms. The summed E-state index contributed by atoms with van der Waals surface area (Å²) in [5.74, 6) is 0. The molecule has 1 fully saturated rings. The first-order valence-corrected chi connectivity index (χ1v) is 8.58. The smallest absolute Gasteiger partial charge is 0.184 e. The monoisotopic (exact) mass is 288 g/mol. The minimum absolute atomic E-state index is 0.325. The number of hydrogen-bond acceptors (Lipinski definition) is 3. The first-order valence-electron chi connectivity index (χ1n) is 7.03. The van der Waals surface area contributed by atoms with Gasteiger partial charge in [0.05, 0.1) is 16.8 Å². The predicted molar refractivity (Wildman–Crippen MR) is 77.8 cm³/mol. The van der Waals surface area contributed by atoms with Crippen molar-refractivity contribution in [3.63, 3.8) is 0 Å². The van der Waals surface area contributed by atoms with Crippen LogP contribution in [0.4, 0.5) is 0 Å². The molecule has 1 aliphatic heterocycles. The summed E-state index contributed by atoms with van der Waals surface area (Å²) in [6, 6.07) is 9.79. The van der Waals surface area contributed by atoms with Crippen LogP contribution >= 0.6 is 0 Å². The van der Waals surface area contributed by atoms with E-state index in [0.717, 1.165) is 23.6 Å². The third kappa shape index (κ3) is 1.64. The van der Waals surface area contributed by atoms with E-state index in [2.05, 4.69) is 6.07 Å². The fraction of sp³-hybridized carbons (Fsp3) is 0.375. The lowest BCUT2D eigenvalue weighted by Gasteiger charge is -2.13. The summed E-state index contributed by atoms with van der Waals surface area (Å²) < 4.78 is 30.9. The van der Waals surface area contributed by atoms with E-state index in [-0.39, 0.29) is 5.25 Å². The highest BCUT2D eigenvalue weighted by atomic mass is 32.2. The molecule has 2 aromatic carbocycles. The summed E-state index contributed by atoms with van der Waals surface area (Å²) in [5, 5.41) is 1.66. The van der Waals surface area contributed by atoms with E-state index in [9.17, 15) is 8.42 Å². The van der Waals surface area contributed by atoms with Gasteiger partial charge in [0, 0.05) is 12.0 Å². The Labute approximate surface area is 118 Å². The molecule has 1 unspecified atom stereocenters. The highest BCUT2D eigenvalue weighted by molar-refractivity contribution is 7.92. The van der Waals surface area contributed by atoms with E-state index < -0.39 is 9.84 Å². The van der Waals surface area contributed by atoms with Crippen LogP contribution < -0.4 is 0 Å². The number of aryl methyl sites for hydroxylation is 2. The molecule has 20 heavy (non-hydrogen) atoms. The molecule has 0 N–H and O–H groups in total. The van der Waals surface area contributed by atoms with Crippen LogP contribution in [0.5, 0.6) is 0 Å². The zero-order valence-corrected chi connectivity index (χ0v) is 11.9. The van der Waals surface area contributed by atoms with Gasteiger partial charge in [-0.25, -0.2) is 8.42 Å². The summed E-state index contributed by atoms with van der Waals surface area (Å²) in [6.07, 6.45) is 2.64. The van der Waals surface area contributed by atoms with Crippen LogP contribution in [0.25, 0.3) is 10.8 Å². The second-order valence-corrected chi connectivity index (χ2v) is 7.79. The molecule has 0 aromatic heterocycles. The second-order valence-electron chi connectivity index (χ2n) is 5.59. The van der Waals surface area contributed by atoms with Gasteiger partial charge < -0.3 is 4.74 Å². The first-order chi connectivity index (χ1) is 9.68. The van der Waals surface area contributed by atoms with Gasteiger partial charge in [-0.15, -0.1) is 0 Å². The van der Waals surface area contributed by atoms with Crippen molar-refractivity contribution >= 4 is 20.6 Å². The van der Waals surface area contributed by atoms with Crippen LogP contribution in [0.2, 0.25) is 0 Å². The Balaban J connectivity index is 1.98. The zero-order valence-electron chi connectivity index (χ0n) is 11.1. The van der Waals surface area contributed by atoms with Crippen LogP contribution in [-0.4, -0.2) is 26.9 Å². The van der Waals surface area contributed by atoms with Crippen LogP contribution in [0.1, 0.15) is 17.5 Å². The Hall–Kier alpha value is -1.39. The van der Waals surface area contributed by atoms with Crippen molar-refractivity contribution in [1.29, 1.82) is 0 Å². The van der Waals surface area contributed by atoms with Crippen molar-refractivity contribution in [2.24, 2.45) is 0 Å². The van der Waals surface area contributed by atoms with E-state index in [0.29, 0.717) is 24.5 Å². The molecule has 1 atom stereocenters. The van der Waals surface area contributed by atoms with Crippen molar-refractivity contribution in [3.8, 4) is 0 Å². The molecule has 2 aromatic rings. The van der Waals surface area contributed by atoms with Crippen molar-refractivity contribution in [2.45, 2.75) is 29.4 Å². The molecule has 2 aliphatic rings. The Morgan fingerprint density at radius 3 is 2.60 bits per heavy atom. The van der Waals surface area contributed by atoms with E-state index in [1.165, 1.54) is 11.1 Å². The Kier molecular flexibility index (Phi) is 2.66. The summed E-state index contributed by atoms with van der Waals surface area (Å²) >= 11 is 0. The number of hydrogen-bond donors (Lipinski definition) is 0. The maximum atomic E-state index is 12.8. The van der Waals surface area contributed by atoms with Crippen molar-refractivity contribution < 1.29 is 13.2 Å². The molecule has 1 aliphatic carbocycles. The number of sulfone groups is 1. The van der Waals surface area contributed by atoms with E-state index in [4.69, 9.17) is 4.74 Å². The zero-order chi connectivity index (χ0) is 13.7. The molecule has 1 saturated heterocycles. The minimum atomic E-state index is -3.30. The number of ether oxygens (including phenoxy) is 1. The highest BCUT2D eigenvalue weighted by Crippen LogP contribution is 2.36. The Morgan fingerprint density at radius 2 is 1.85 bits per heavy atom. The lowest BCUT2D eigenvalue weighted by molar-refractivity contribution is 0.198. The molecule has 0 amide bonds. The van der Waals surface area contributed by atoms with Crippen LogP contribution in [-0.2, 0) is 27.4 Å². The maximum absolute atomic E-state index is 12.8. The lowest BCUT2D eigenvalue weighted by Crippen LogP contribution is -2.21. The summed E-state index contributed by atoms with van der Waals surface area (Å²) in [4.78, 5) is 0.482. The fourth-order valence-corrected chi connectivity index (χ4v) is 5.18. The SMILES string of the molecule is O=S(=O)(c1ccc2c3c(cccc13)CC2)C1CCOC1. The molecule has 0 radical (unpaired) electrons. The average Bonchev–Trinajstić information content (AvgIpc) is 3.10. The largest absolute Gasteiger partial charge is 0.380 e. The minimum Gasteiger partial charge on any atom is -0.380 e.